The minimum Gasteiger partial charge on any atom is -0.320 e. The molecule has 3 amide bonds. The summed E-state index contributed by atoms with van der Waals surface area (Å²) in [6.45, 7) is 0. The molecule has 1 aliphatic heterocycles. The SMILES string of the molecule is NS(=O)(=O)c1ccc(NC(=O)C(=O)ON2C(=O)c3ccccc3C2=O)cc1. The van der Waals surface area contributed by atoms with Crippen molar-refractivity contribution in [1.82, 2.24) is 5.06 Å². The van der Waals surface area contributed by atoms with Crippen molar-refractivity contribution in [3.05, 3.63) is 59.7 Å². The zero-order chi connectivity index (χ0) is 19.8. The highest BCUT2D eigenvalue weighted by molar-refractivity contribution is 7.89. The third-order valence-electron chi connectivity index (χ3n) is 3.56. The molecule has 0 atom stereocenters. The predicted molar refractivity (Wildman–Crippen MR) is 89.5 cm³/mol. The number of amides is 3. The lowest BCUT2D eigenvalue weighted by atomic mass is 10.1. The van der Waals surface area contributed by atoms with Crippen LogP contribution in [0.15, 0.2) is 53.4 Å². The molecule has 2 aromatic rings. The third-order valence-corrected chi connectivity index (χ3v) is 4.49. The van der Waals surface area contributed by atoms with E-state index < -0.39 is 33.7 Å². The van der Waals surface area contributed by atoms with Crippen LogP contribution in [0.4, 0.5) is 5.69 Å². The van der Waals surface area contributed by atoms with Gasteiger partial charge in [-0.15, -0.1) is 0 Å². The maximum Gasteiger partial charge on any atom is 0.421 e. The summed E-state index contributed by atoms with van der Waals surface area (Å²) in [5.41, 5.74) is 0.176. The summed E-state index contributed by atoms with van der Waals surface area (Å²) >= 11 is 0. The topological polar surface area (TPSA) is 153 Å². The lowest BCUT2D eigenvalue weighted by molar-refractivity contribution is -0.172. The van der Waals surface area contributed by atoms with Crippen molar-refractivity contribution < 1.29 is 32.4 Å². The number of carbonyl (C=O) groups is 4. The Morgan fingerprint density at radius 3 is 1.93 bits per heavy atom. The van der Waals surface area contributed by atoms with E-state index in [4.69, 9.17) is 5.14 Å². The Kier molecular flexibility index (Phi) is 4.47. The van der Waals surface area contributed by atoms with Crippen LogP contribution in [0, 0.1) is 0 Å². The number of hydrogen-bond acceptors (Lipinski definition) is 7. The lowest BCUT2D eigenvalue weighted by Gasteiger charge is -2.12. The van der Waals surface area contributed by atoms with Gasteiger partial charge in [-0.05, 0) is 36.4 Å². The maximum atomic E-state index is 12.1. The summed E-state index contributed by atoms with van der Waals surface area (Å²) in [6, 6.07) is 10.5. The molecular weight excluding hydrogens is 378 g/mol. The van der Waals surface area contributed by atoms with Gasteiger partial charge in [0.15, 0.2) is 0 Å². The molecule has 0 unspecified atom stereocenters. The summed E-state index contributed by atoms with van der Waals surface area (Å²) in [7, 11) is -3.90. The number of rotatable bonds is 3. The first-order chi connectivity index (χ1) is 12.7. The van der Waals surface area contributed by atoms with Crippen LogP contribution in [0.5, 0.6) is 0 Å². The van der Waals surface area contributed by atoms with Gasteiger partial charge in [-0.3, -0.25) is 14.4 Å². The molecule has 1 heterocycles. The van der Waals surface area contributed by atoms with Crippen molar-refractivity contribution in [2.45, 2.75) is 4.90 Å². The number of benzene rings is 2. The zero-order valence-corrected chi connectivity index (χ0v) is 14.2. The van der Waals surface area contributed by atoms with E-state index in [9.17, 15) is 27.6 Å². The largest absolute Gasteiger partial charge is 0.421 e. The van der Waals surface area contributed by atoms with E-state index in [1.54, 1.807) is 0 Å². The van der Waals surface area contributed by atoms with Crippen LogP contribution in [-0.2, 0) is 24.4 Å². The molecule has 3 N–H and O–H groups in total. The van der Waals surface area contributed by atoms with Gasteiger partial charge in [-0.1, -0.05) is 17.2 Å². The zero-order valence-electron chi connectivity index (χ0n) is 13.4. The molecule has 0 bridgehead atoms. The van der Waals surface area contributed by atoms with Crippen molar-refractivity contribution in [3.8, 4) is 0 Å². The quantitative estimate of drug-likeness (QED) is 0.554. The first kappa shape index (κ1) is 18.2. The van der Waals surface area contributed by atoms with Crippen LogP contribution < -0.4 is 10.5 Å². The number of nitrogens with one attached hydrogen (secondary N) is 1. The van der Waals surface area contributed by atoms with Gasteiger partial charge < -0.3 is 10.2 Å². The number of anilines is 1. The molecule has 2 aromatic carbocycles. The summed E-state index contributed by atoms with van der Waals surface area (Å²) in [4.78, 5) is 52.3. The van der Waals surface area contributed by atoms with Gasteiger partial charge in [0.2, 0.25) is 10.0 Å². The number of fused-ring (bicyclic) bond motifs is 1. The molecule has 0 aromatic heterocycles. The van der Waals surface area contributed by atoms with Crippen molar-refractivity contribution in [2.24, 2.45) is 5.14 Å². The molecule has 10 nitrogen and oxygen atoms in total. The summed E-state index contributed by atoms with van der Waals surface area (Å²) in [5, 5.41) is 7.30. The van der Waals surface area contributed by atoms with Gasteiger partial charge in [0.05, 0.1) is 16.0 Å². The molecule has 0 aliphatic carbocycles. The standard InChI is InChI=1S/C16H11N3O7S/c17-27(24,25)10-7-5-9(6-8-10)18-13(20)16(23)26-19-14(21)11-3-1-2-4-12(11)15(19)22/h1-8H,(H,18,20)(H2,17,24,25). The Bertz CT molecular complexity index is 1040. The number of nitrogens with two attached hydrogens (primary N) is 1. The fraction of sp³-hybridized carbons (Fsp3) is 0. The number of nitrogens with zero attached hydrogens (tertiary/aromatic N) is 1. The van der Waals surface area contributed by atoms with Crippen LogP contribution in [0.25, 0.3) is 0 Å². The van der Waals surface area contributed by atoms with E-state index in [0.29, 0.717) is 0 Å². The number of imide groups is 1. The number of sulfonamides is 1. The van der Waals surface area contributed by atoms with Crippen molar-refractivity contribution in [3.63, 3.8) is 0 Å². The highest BCUT2D eigenvalue weighted by atomic mass is 32.2. The molecular formula is C16H11N3O7S. The molecule has 0 saturated heterocycles. The Hall–Kier alpha value is -3.57. The Labute approximate surface area is 152 Å². The van der Waals surface area contributed by atoms with Gasteiger partial charge in [-0.25, -0.2) is 18.4 Å². The normalized spacial score (nSPS) is 13.3. The molecule has 1 aliphatic rings. The van der Waals surface area contributed by atoms with Crippen LogP contribution in [0.1, 0.15) is 20.7 Å². The molecule has 138 valence electrons. The summed E-state index contributed by atoms with van der Waals surface area (Å²) < 4.78 is 22.3. The highest BCUT2D eigenvalue weighted by Gasteiger charge is 2.39. The van der Waals surface area contributed by atoms with Gasteiger partial charge >= 0.3 is 11.9 Å². The molecule has 0 saturated carbocycles. The van der Waals surface area contributed by atoms with Crippen LogP contribution >= 0.6 is 0 Å². The van der Waals surface area contributed by atoms with Crippen LogP contribution in [0.2, 0.25) is 0 Å². The number of primary sulfonamides is 1. The fourth-order valence-electron chi connectivity index (χ4n) is 2.28. The fourth-order valence-corrected chi connectivity index (χ4v) is 2.80. The van der Waals surface area contributed by atoms with Gasteiger partial charge in [-0.2, -0.15) is 0 Å². The van der Waals surface area contributed by atoms with Gasteiger partial charge in [0.25, 0.3) is 11.8 Å². The Morgan fingerprint density at radius 1 is 0.926 bits per heavy atom. The minimum atomic E-state index is -3.90. The summed E-state index contributed by atoms with van der Waals surface area (Å²) in [6.07, 6.45) is 0. The van der Waals surface area contributed by atoms with Gasteiger partial charge in [0, 0.05) is 5.69 Å². The molecule has 3 rings (SSSR count). The molecule has 11 heteroatoms. The van der Waals surface area contributed by atoms with Crippen molar-refractivity contribution in [2.75, 3.05) is 5.32 Å². The predicted octanol–water partition coefficient (Wildman–Crippen LogP) is 0.0269. The molecule has 27 heavy (non-hydrogen) atoms. The van der Waals surface area contributed by atoms with E-state index >= 15 is 0 Å². The third kappa shape index (κ3) is 3.54. The number of hydroxylamine groups is 2. The van der Waals surface area contributed by atoms with Crippen molar-refractivity contribution in [1.29, 1.82) is 0 Å². The van der Waals surface area contributed by atoms with Crippen molar-refractivity contribution >= 4 is 39.4 Å². The molecule has 0 spiro atoms. The average Bonchev–Trinajstić information content (AvgIpc) is 2.86. The average molecular weight is 389 g/mol. The van der Waals surface area contributed by atoms with E-state index in [1.165, 1.54) is 36.4 Å². The summed E-state index contributed by atoms with van der Waals surface area (Å²) in [5.74, 6) is -4.50. The van der Waals surface area contributed by atoms with Crippen LogP contribution in [0.3, 0.4) is 0 Å². The van der Waals surface area contributed by atoms with E-state index in [0.717, 1.165) is 12.1 Å². The second-order valence-corrected chi connectivity index (χ2v) is 6.91. The van der Waals surface area contributed by atoms with E-state index in [2.05, 4.69) is 10.2 Å². The van der Waals surface area contributed by atoms with Crippen LogP contribution in [-0.4, -0.2) is 37.2 Å². The number of hydrogen-bond donors (Lipinski definition) is 2. The maximum absolute atomic E-state index is 12.1. The Balaban J connectivity index is 1.68. The molecule has 0 fully saturated rings. The first-order valence-electron chi connectivity index (χ1n) is 7.32. The second-order valence-electron chi connectivity index (χ2n) is 5.35. The lowest BCUT2D eigenvalue weighted by Crippen LogP contribution is -2.37. The van der Waals surface area contributed by atoms with E-state index in [1.807, 2.05) is 0 Å². The minimum absolute atomic E-state index is 0.0503. The smallest absolute Gasteiger partial charge is 0.320 e. The molecule has 0 radical (unpaired) electrons. The second kappa shape index (κ2) is 6.63. The van der Waals surface area contributed by atoms with Gasteiger partial charge in [0.1, 0.15) is 0 Å². The monoisotopic (exact) mass is 389 g/mol. The van der Waals surface area contributed by atoms with E-state index in [-0.39, 0.29) is 26.8 Å². The number of carbonyl (C=O) groups excluding carboxylic acids is 4. The highest BCUT2D eigenvalue weighted by Crippen LogP contribution is 2.22. The first-order valence-corrected chi connectivity index (χ1v) is 8.87. The Morgan fingerprint density at radius 2 is 1.44 bits per heavy atom.